The Labute approximate surface area is 116 Å². The second kappa shape index (κ2) is 5.07. The highest BCUT2D eigenvalue weighted by Gasteiger charge is 2.27. The Balaban J connectivity index is 1.82. The van der Waals surface area contributed by atoms with Crippen LogP contribution in [0.1, 0.15) is 12.8 Å². The second-order valence-corrected chi connectivity index (χ2v) is 4.99. The minimum absolute atomic E-state index is 0.00229. The van der Waals surface area contributed by atoms with Crippen molar-refractivity contribution in [3.8, 4) is 0 Å². The first-order valence-electron chi connectivity index (χ1n) is 6.66. The number of anilines is 1. The summed E-state index contributed by atoms with van der Waals surface area (Å²) in [6.07, 6.45) is 4.93. The van der Waals surface area contributed by atoms with Gasteiger partial charge in [-0.05, 0) is 12.8 Å². The summed E-state index contributed by atoms with van der Waals surface area (Å²) in [5.41, 5.74) is 0.824. The van der Waals surface area contributed by atoms with Crippen molar-refractivity contribution in [2.24, 2.45) is 13.0 Å². The van der Waals surface area contributed by atoms with E-state index < -0.39 is 0 Å². The summed E-state index contributed by atoms with van der Waals surface area (Å²) >= 11 is 0. The van der Waals surface area contributed by atoms with Crippen LogP contribution in [-0.4, -0.2) is 45.9 Å². The molecule has 0 radical (unpaired) electrons. The molecule has 1 aliphatic rings. The fourth-order valence-corrected chi connectivity index (χ4v) is 2.70. The molecule has 20 heavy (non-hydrogen) atoms. The molecule has 0 unspecified atom stereocenters. The van der Waals surface area contributed by atoms with Crippen molar-refractivity contribution in [1.82, 2.24) is 19.7 Å². The molecule has 0 spiro atoms. The van der Waals surface area contributed by atoms with Gasteiger partial charge in [0, 0.05) is 20.1 Å². The molecule has 3 heterocycles. The highest BCUT2D eigenvalue weighted by molar-refractivity contribution is 5.86. The summed E-state index contributed by atoms with van der Waals surface area (Å²) in [5, 5.41) is 5.17. The van der Waals surface area contributed by atoms with Gasteiger partial charge in [-0.1, -0.05) is 0 Å². The number of esters is 1. The number of aromatic nitrogens is 4. The van der Waals surface area contributed by atoms with Crippen molar-refractivity contribution in [1.29, 1.82) is 0 Å². The second-order valence-electron chi connectivity index (χ2n) is 4.99. The van der Waals surface area contributed by atoms with Gasteiger partial charge in [0.25, 0.3) is 0 Å². The Bertz CT molecular complexity index is 631. The van der Waals surface area contributed by atoms with Crippen LogP contribution in [0.3, 0.4) is 0 Å². The van der Waals surface area contributed by atoms with Crippen molar-refractivity contribution in [2.45, 2.75) is 12.8 Å². The fourth-order valence-electron chi connectivity index (χ4n) is 2.70. The number of carbonyl (C=O) groups is 1. The van der Waals surface area contributed by atoms with Crippen molar-refractivity contribution < 1.29 is 9.53 Å². The fraction of sp³-hybridized carbons (Fsp3) is 0.538. The van der Waals surface area contributed by atoms with Crippen molar-refractivity contribution in [3.05, 3.63) is 12.5 Å². The zero-order chi connectivity index (χ0) is 14.1. The van der Waals surface area contributed by atoms with Crippen LogP contribution < -0.4 is 4.90 Å². The average Bonchev–Trinajstić information content (AvgIpc) is 2.88. The number of hydrogen-bond acceptors (Lipinski definition) is 6. The van der Waals surface area contributed by atoms with E-state index in [1.54, 1.807) is 17.2 Å². The molecule has 2 aromatic rings. The van der Waals surface area contributed by atoms with Gasteiger partial charge in [-0.25, -0.2) is 9.97 Å². The van der Waals surface area contributed by atoms with Crippen LogP contribution >= 0.6 is 0 Å². The zero-order valence-corrected chi connectivity index (χ0v) is 11.6. The van der Waals surface area contributed by atoms with E-state index in [0.29, 0.717) is 0 Å². The molecule has 0 bridgehead atoms. The first-order valence-corrected chi connectivity index (χ1v) is 6.66. The molecule has 7 nitrogen and oxygen atoms in total. The smallest absolute Gasteiger partial charge is 0.308 e. The van der Waals surface area contributed by atoms with Crippen LogP contribution in [0.5, 0.6) is 0 Å². The molecule has 1 aliphatic heterocycles. The van der Waals surface area contributed by atoms with Gasteiger partial charge in [0.05, 0.1) is 24.6 Å². The molecule has 2 aromatic heterocycles. The van der Waals surface area contributed by atoms with E-state index in [2.05, 4.69) is 20.0 Å². The number of fused-ring (bicyclic) bond motifs is 1. The van der Waals surface area contributed by atoms with Crippen LogP contribution in [-0.2, 0) is 16.6 Å². The Kier molecular flexibility index (Phi) is 3.25. The van der Waals surface area contributed by atoms with Crippen LogP contribution in [0.2, 0.25) is 0 Å². The summed E-state index contributed by atoms with van der Waals surface area (Å²) in [6.45, 7) is 1.58. The topological polar surface area (TPSA) is 73.1 Å². The number of methoxy groups -OCH3 is 1. The Morgan fingerprint density at radius 2 is 2.10 bits per heavy atom. The van der Waals surface area contributed by atoms with E-state index in [1.807, 2.05) is 7.05 Å². The van der Waals surface area contributed by atoms with Gasteiger partial charge in [0.1, 0.15) is 12.1 Å². The van der Waals surface area contributed by atoms with Crippen LogP contribution in [0.15, 0.2) is 12.5 Å². The number of aryl methyl sites for hydroxylation is 1. The van der Waals surface area contributed by atoms with Gasteiger partial charge in [0.2, 0.25) is 0 Å². The predicted octanol–water partition coefficient (Wildman–Crippen LogP) is 0.753. The number of nitrogens with zero attached hydrogens (tertiary/aromatic N) is 5. The number of rotatable bonds is 2. The van der Waals surface area contributed by atoms with E-state index >= 15 is 0 Å². The van der Waals surface area contributed by atoms with Gasteiger partial charge in [0.15, 0.2) is 5.65 Å². The molecule has 3 rings (SSSR count). The molecule has 7 heteroatoms. The van der Waals surface area contributed by atoms with E-state index in [4.69, 9.17) is 4.74 Å². The summed E-state index contributed by atoms with van der Waals surface area (Å²) in [4.78, 5) is 22.4. The lowest BCUT2D eigenvalue weighted by Crippen LogP contribution is -2.37. The third kappa shape index (κ3) is 2.09. The molecule has 1 saturated heterocycles. The number of piperidine rings is 1. The van der Waals surface area contributed by atoms with Gasteiger partial charge < -0.3 is 9.64 Å². The molecule has 0 aromatic carbocycles. The Hall–Kier alpha value is -2.18. The Morgan fingerprint density at radius 3 is 2.80 bits per heavy atom. The molecular formula is C13H17N5O2. The zero-order valence-electron chi connectivity index (χ0n) is 11.6. The lowest BCUT2D eigenvalue weighted by atomic mass is 9.97. The SMILES string of the molecule is COC(=O)C1CCN(c2ncnc3c2cnn3C)CC1. The Morgan fingerprint density at radius 1 is 1.35 bits per heavy atom. The van der Waals surface area contributed by atoms with Crippen LogP contribution in [0.25, 0.3) is 11.0 Å². The van der Waals surface area contributed by atoms with Gasteiger partial charge >= 0.3 is 5.97 Å². The quantitative estimate of drug-likeness (QED) is 0.753. The summed E-state index contributed by atoms with van der Waals surface area (Å²) in [6, 6.07) is 0. The standard InChI is InChI=1S/C13H17N5O2/c1-17-11-10(7-16-17)12(15-8-14-11)18-5-3-9(4-6-18)13(19)20-2/h7-9H,3-6H2,1-2H3. The maximum absolute atomic E-state index is 11.5. The summed E-state index contributed by atoms with van der Waals surface area (Å²) in [7, 11) is 3.31. The minimum atomic E-state index is -0.112. The van der Waals surface area contributed by atoms with E-state index in [1.165, 1.54) is 7.11 Å². The lowest BCUT2D eigenvalue weighted by Gasteiger charge is -2.31. The molecule has 106 valence electrons. The maximum Gasteiger partial charge on any atom is 0.308 e. The van der Waals surface area contributed by atoms with E-state index in [-0.39, 0.29) is 11.9 Å². The molecule has 0 amide bonds. The van der Waals surface area contributed by atoms with Crippen molar-refractivity contribution in [2.75, 3.05) is 25.1 Å². The molecule has 1 fully saturated rings. The highest BCUT2D eigenvalue weighted by Crippen LogP contribution is 2.27. The normalized spacial score (nSPS) is 16.6. The number of carbonyl (C=O) groups excluding carboxylic acids is 1. The predicted molar refractivity (Wildman–Crippen MR) is 73.3 cm³/mol. The highest BCUT2D eigenvalue weighted by atomic mass is 16.5. The van der Waals surface area contributed by atoms with Crippen molar-refractivity contribution in [3.63, 3.8) is 0 Å². The minimum Gasteiger partial charge on any atom is -0.469 e. The number of ether oxygens (including phenoxy) is 1. The van der Waals surface area contributed by atoms with Crippen LogP contribution in [0, 0.1) is 5.92 Å². The van der Waals surface area contributed by atoms with E-state index in [0.717, 1.165) is 42.8 Å². The molecule has 0 atom stereocenters. The van der Waals surface area contributed by atoms with Gasteiger partial charge in [-0.15, -0.1) is 0 Å². The summed E-state index contributed by atoms with van der Waals surface area (Å²) < 4.78 is 6.55. The molecule has 0 saturated carbocycles. The molecule has 0 aliphatic carbocycles. The number of hydrogen-bond donors (Lipinski definition) is 0. The first-order chi connectivity index (χ1) is 9.70. The van der Waals surface area contributed by atoms with Gasteiger partial charge in [-0.3, -0.25) is 9.48 Å². The monoisotopic (exact) mass is 275 g/mol. The lowest BCUT2D eigenvalue weighted by molar-refractivity contribution is -0.146. The average molecular weight is 275 g/mol. The molecular weight excluding hydrogens is 258 g/mol. The van der Waals surface area contributed by atoms with Gasteiger partial charge in [-0.2, -0.15) is 5.10 Å². The summed E-state index contributed by atoms with van der Waals surface area (Å²) in [5.74, 6) is 0.785. The largest absolute Gasteiger partial charge is 0.469 e. The van der Waals surface area contributed by atoms with Crippen molar-refractivity contribution >= 4 is 22.8 Å². The first kappa shape index (κ1) is 12.8. The van der Waals surface area contributed by atoms with Crippen LogP contribution in [0.4, 0.5) is 5.82 Å². The molecule has 0 N–H and O–H groups in total. The maximum atomic E-state index is 11.5. The van der Waals surface area contributed by atoms with E-state index in [9.17, 15) is 4.79 Å². The third-order valence-electron chi connectivity index (χ3n) is 3.84. The third-order valence-corrected chi connectivity index (χ3v) is 3.84.